The number of hydrogen-bond acceptors (Lipinski definition) is 5. The lowest BCUT2D eigenvalue weighted by atomic mass is 10.2. The minimum absolute atomic E-state index is 0.0700. The summed E-state index contributed by atoms with van der Waals surface area (Å²) in [6.45, 7) is 0. The van der Waals surface area contributed by atoms with E-state index >= 15 is 0 Å². The van der Waals surface area contributed by atoms with Gasteiger partial charge in [-0.25, -0.2) is 8.78 Å². The van der Waals surface area contributed by atoms with Crippen molar-refractivity contribution in [2.75, 3.05) is 24.9 Å². The van der Waals surface area contributed by atoms with Crippen LogP contribution in [0.25, 0.3) is 0 Å². The van der Waals surface area contributed by atoms with Gasteiger partial charge in [0.15, 0.2) is 11.5 Å². The van der Waals surface area contributed by atoms with Crippen LogP contribution in [-0.2, 0) is 0 Å². The topological polar surface area (TPSA) is 72.5 Å². The summed E-state index contributed by atoms with van der Waals surface area (Å²) in [5, 5.41) is 5.50. The molecule has 0 aliphatic rings. The Balaban J connectivity index is 1.77. The number of benzene rings is 2. The molecule has 0 unspecified atom stereocenters. The highest BCUT2D eigenvalue weighted by atomic mass is 19.1. The molecular weight excluding hydrogens is 368 g/mol. The smallest absolute Gasteiger partial charge is 0.257 e. The van der Waals surface area contributed by atoms with Crippen molar-refractivity contribution in [1.82, 2.24) is 4.98 Å². The van der Waals surface area contributed by atoms with Crippen molar-refractivity contribution in [2.45, 2.75) is 0 Å². The number of rotatable bonds is 6. The lowest BCUT2D eigenvalue weighted by molar-refractivity contribution is 0.102. The number of carbonyl (C=O) groups is 1. The number of nitrogens with one attached hydrogen (secondary N) is 2. The molecule has 6 nitrogen and oxygen atoms in total. The van der Waals surface area contributed by atoms with E-state index in [1.165, 1.54) is 38.7 Å². The van der Waals surface area contributed by atoms with Gasteiger partial charge < -0.3 is 20.1 Å². The first-order valence-electron chi connectivity index (χ1n) is 8.20. The van der Waals surface area contributed by atoms with Crippen molar-refractivity contribution in [3.05, 3.63) is 72.1 Å². The van der Waals surface area contributed by atoms with Crippen LogP contribution in [0.3, 0.4) is 0 Å². The molecule has 144 valence electrons. The Kier molecular flexibility index (Phi) is 5.69. The molecule has 0 fully saturated rings. The number of anilines is 3. The molecule has 0 saturated heterocycles. The van der Waals surface area contributed by atoms with E-state index < -0.39 is 17.5 Å². The van der Waals surface area contributed by atoms with Crippen LogP contribution in [0.1, 0.15) is 10.4 Å². The molecule has 1 aromatic heterocycles. The summed E-state index contributed by atoms with van der Waals surface area (Å²) in [6, 6.07) is 9.63. The molecule has 2 aromatic carbocycles. The minimum atomic E-state index is -0.750. The average molecular weight is 385 g/mol. The van der Waals surface area contributed by atoms with Gasteiger partial charge in [-0.15, -0.1) is 0 Å². The molecule has 0 spiro atoms. The van der Waals surface area contributed by atoms with Crippen molar-refractivity contribution >= 4 is 23.0 Å². The summed E-state index contributed by atoms with van der Waals surface area (Å²) in [4.78, 5) is 16.5. The Morgan fingerprint density at radius 2 is 1.71 bits per heavy atom. The number of ether oxygens (including phenoxy) is 2. The molecule has 0 saturated carbocycles. The van der Waals surface area contributed by atoms with E-state index in [-0.39, 0.29) is 11.3 Å². The lowest BCUT2D eigenvalue weighted by Gasteiger charge is -2.11. The summed E-state index contributed by atoms with van der Waals surface area (Å²) < 4.78 is 37.2. The second kappa shape index (κ2) is 8.34. The lowest BCUT2D eigenvalue weighted by Crippen LogP contribution is -2.12. The van der Waals surface area contributed by atoms with Gasteiger partial charge in [-0.05, 0) is 30.3 Å². The van der Waals surface area contributed by atoms with Crippen molar-refractivity contribution in [3.63, 3.8) is 0 Å². The predicted molar refractivity (Wildman–Crippen MR) is 101 cm³/mol. The monoisotopic (exact) mass is 385 g/mol. The molecule has 2 N–H and O–H groups in total. The zero-order valence-electron chi connectivity index (χ0n) is 15.1. The van der Waals surface area contributed by atoms with E-state index in [9.17, 15) is 13.6 Å². The fraction of sp³-hybridized carbons (Fsp3) is 0.100. The first-order chi connectivity index (χ1) is 13.5. The van der Waals surface area contributed by atoms with Gasteiger partial charge in [-0.2, -0.15) is 0 Å². The maximum atomic E-state index is 13.8. The maximum absolute atomic E-state index is 13.8. The number of carbonyl (C=O) groups excluding carboxylic acids is 1. The van der Waals surface area contributed by atoms with E-state index in [0.717, 1.165) is 12.1 Å². The van der Waals surface area contributed by atoms with E-state index in [2.05, 4.69) is 15.6 Å². The number of hydrogen-bond donors (Lipinski definition) is 2. The number of amides is 1. The highest BCUT2D eigenvalue weighted by molar-refractivity contribution is 6.04. The van der Waals surface area contributed by atoms with Gasteiger partial charge in [0, 0.05) is 24.0 Å². The highest BCUT2D eigenvalue weighted by Crippen LogP contribution is 2.30. The quantitative estimate of drug-likeness (QED) is 0.659. The van der Waals surface area contributed by atoms with Gasteiger partial charge >= 0.3 is 0 Å². The summed E-state index contributed by atoms with van der Waals surface area (Å²) >= 11 is 0. The maximum Gasteiger partial charge on any atom is 0.257 e. The van der Waals surface area contributed by atoms with Crippen LogP contribution in [-0.4, -0.2) is 25.1 Å². The second-order valence-electron chi connectivity index (χ2n) is 5.74. The summed E-state index contributed by atoms with van der Waals surface area (Å²) in [6.07, 6.45) is 2.80. The van der Waals surface area contributed by atoms with Crippen molar-refractivity contribution in [2.24, 2.45) is 0 Å². The van der Waals surface area contributed by atoms with E-state index in [4.69, 9.17) is 9.47 Å². The first-order valence-corrected chi connectivity index (χ1v) is 8.20. The molecule has 0 aliphatic heterocycles. The third-order valence-electron chi connectivity index (χ3n) is 3.85. The normalized spacial score (nSPS) is 10.3. The van der Waals surface area contributed by atoms with E-state index in [1.54, 1.807) is 18.2 Å². The Morgan fingerprint density at radius 3 is 2.43 bits per heavy atom. The Bertz CT molecular complexity index is 1010. The third kappa shape index (κ3) is 4.35. The van der Waals surface area contributed by atoms with E-state index in [0.29, 0.717) is 22.9 Å². The minimum Gasteiger partial charge on any atom is -0.493 e. The summed E-state index contributed by atoms with van der Waals surface area (Å²) in [5.74, 6) is -0.831. The number of halogens is 2. The molecule has 0 aliphatic carbocycles. The van der Waals surface area contributed by atoms with Gasteiger partial charge in [0.2, 0.25) is 0 Å². The molecule has 28 heavy (non-hydrogen) atoms. The van der Waals surface area contributed by atoms with Crippen LogP contribution in [0.2, 0.25) is 0 Å². The first kappa shape index (κ1) is 19.1. The Morgan fingerprint density at radius 1 is 0.929 bits per heavy atom. The highest BCUT2D eigenvalue weighted by Gasteiger charge is 2.11. The predicted octanol–water partition coefficient (Wildman–Crippen LogP) is 4.37. The molecule has 3 rings (SSSR count). The van der Waals surface area contributed by atoms with E-state index in [1.807, 2.05) is 0 Å². The Hall–Kier alpha value is -3.68. The zero-order chi connectivity index (χ0) is 20.1. The SMILES string of the molecule is COc1ccc(NC(=O)c2cncc(Nc3ccc(F)cc3F)c2)cc1OC. The van der Waals surface area contributed by atoms with Crippen LogP contribution in [0.15, 0.2) is 54.9 Å². The molecule has 8 heteroatoms. The van der Waals surface area contributed by atoms with Gasteiger partial charge in [-0.3, -0.25) is 9.78 Å². The molecule has 0 bridgehead atoms. The fourth-order valence-corrected chi connectivity index (χ4v) is 2.50. The van der Waals surface area contributed by atoms with Crippen LogP contribution in [0.4, 0.5) is 25.8 Å². The molecule has 3 aromatic rings. The van der Waals surface area contributed by atoms with Gasteiger partial charge in [0.1, 0.15) is 11.6 Å². The van der Waals surface area contributed by atoms with Crippen LogP contribution in [0, 0.1) is 11.6 Å². The summed E-state index contributed by atoms with van der Waals surface area (Å²) in [7, 11) is 3.02. The number of methoxy groups -OCH3 is 2. The van der Waals surface area contributed by atoms with Crippen molar-refractivity contribution < 1.29 is 23.0 Å². The van der Waals surface area contributed by atoms with Crippen molar-refractivity contribution in [1.29, 1.82) is 0 Å². The number of aromatic nitrogens is 1. The average Bonchev–Trinajstić information content (AvgIpc) is 2.70. The number of pyridine rings is 1. The van der Waals surface area contributed by atoms with Crippen LogP contribution < -0.4 is 20.1 Å². The third-order valence-corrected chi connectivity index (χ3v) is 3.85. The molecule has 0 radical (unpaired) electrons. The largest absolute Gasteiger partial charge is 0.493 e. The standard InChI is InChI=1S/C20H17F2N3O3/c1-27-18-6-4-14(9-19(18)28-2)25-20(26)12-7-15(11-23-10-12)24-17-5-3-13(21)8-16(17)22/h3-11,24H,1-2H3,(H,25,26). The van der Waals surface area contributed by atoms with Gasteiger partial charge in [-0.1, -0.05) is 0 Å². The number of nitrogens with zero attached hydrogens (tertiary/aromatic N) is 1. The van der Waals surface area contributed by atoms with Crippen molar-refractivity contribution in [3.8, 4) is 11.5 Å². The fourth-order valence-electron chi connectivity index (χ4n) is 2.50. The molecule has 1 amide bonds. The molecule has 0 atom stereocenters. The van der Waals surface area contributed by atoms with Crippen LogP contribution in [0.5, 0.6) is 11.5 Å². The molecular formula is C20H17F2N3O3. The van der Waals surface area contributed by atoms with Gasteiger partial charge in [0.05, 0.1) is 37.4 Å². The zero-order valence-corrected chi connectivity index (χ0v) is 15.1. The Labute approximate surface area is 160 Å². The molecule has 1 heterocycles. The second-order valence-corrected chi connectivity index (χ2v) is 5.74. The summed E-state index contributed by atoms with van der Waals surface area (Å²) in [5.41, 5.74) is 1.21. The van der Waals surface area contributed by atoms with Gasteiger partial charge in [0.25, 0.3) is 5.91 Å². The van der Waals surface area contributed by atoms with Crippen LogP contribution >= 0.6 is 0 Å².